The van der Waals surface area contributed by atoms with E-state index in [9.17, 15) is 4.79 Å². The topological polar surface area (TPSA) is 66.3 Å². The molecule has 0 fully saturated rings. The smallest absolute Gasteiger partial charge is 0.313 e. The summed E-state index contributed by atoms with van der Waals surface area (Å²) in [5.74, 6) is -0.805. The highest BCUT2D eigenvalue weighted by molar-refractivity contribution is 8.01. The first-order valence-corrected chi connectivity index (χ1v) is 6.79. The van der Waals surface area contributed by atoms with Gasteiger partial charge < -0.3 is 10.0 Å². The average molecular weight is 261 g/mol. The average Bonchev–Trinajstić information content (AvgIpc) is 2.64. The van der Waals surface area contributed by atoms with E-state index in [0.29, 0.717) is 10.4 Å². The van der Waals surface area contributed by atoms with Crippen molar-refractivity contribution in [1.29, 1.82) is 0 Å². The summed E-state index contributed by atoms with van der Waals surface area (Å²) >= 11 is 2.65. The molecule has 0 bridgehead atoms. The molecular formula is C9H15N3O2S2. The van der Waals surface area contributed by atoms with Crippen molar-refractivity contribution in [1.82, 2.24) is 10.2 Å². The van der Waals surface area contributed by atoms with Gasteiger partial charge in [0.25, 0.3) is 0 Å². The molecule has 0 unspecified atom stereocenters. The van der Waals surface area contributed by atoms with Crippen LogP contribution in [0, 0.1) is 0 Å². The third-order valence-corrected chi connectivity index (χ3v) is 4.00. The molecule has 1 rings (SSSR count). The maximum Gasteiger partial charge on any atom is 0.313 e. The molecule has 1 aromatic heterocycles. The number of thioether (sulfide) groups is 1. The summed E-state index contributed by atoms with van der Waals surface area (Å²) < 4.78 is 0.705. The molecule has 0 aromatic carbocycles. The Morgan fingerprint density at radius 3 is 2.75 bits per heavy atom. The number of rotatable bonds is 6. The third-order valence-electron chi connectivity index (χ3n) is 1.92. The van der Waals surface area contributed by atoms with Crippen molar-refractivity contribution in [3.8, 4) is 0 Å². The standard InChI is InChI=1S/C9H15N3O2S2/c1-4-12(6(2)3)8-10-11-9(16-8)15-5-7(13)14/h6H,4-5H2,1-3H3,(H,13,14). The number of hydrogen-bond donors (Lipinski definition) is 1. The van der Waals surface area contributed by atoms with Crippen LogP contribution in [0.25, 0.3) is 0 Å². The quantitative estimate of drug-likeness (QED) is 0.790. The van der Waals surface area contributed by atoms with Crippen LogP contribution in [0.4, 0.5) is 5.13 Å². The number of carbonyl (C=O) groups is 1. The molecule has 0 radical (unpaired) electrons. The van der Waals surface area contributed by atoms with Crippen LogP contribution < -0.4 is 4.90 Å². The van der Waals surface area contributed by atoms with Gasteiger partial charge in [-0.15, -0.1) is 10.2 Å². The van der Waals surface area contributed by atoms with Crippen LogP contribution in [0.3, 0.4) is 0 Å². The molecular weight excluding hydrogens is 246 g/mol. The Morgan fingerprint density at radius 1 is 1.56 bits per heavy atom. The first-order valence-electron chi connectivity index (χ1n) is 4.99. The lowest BCUT2D eigenvalue weighted by Gasteiger charge is -2.23. The van der Waals surface area contributed by atoms with Gasteiger partial charge in [0.15, 0.2) is 4.34 Å². The summed E-state index contributed by atoms with van der Waals surface area (Å²) in [6.45, 7) is 7.12. The highest BCUT2D eigenvalue weighted by Crippen LogP contribution is 2.28. The molecule has 0 amide bonds. The SMILES string of the molecule is CCN(c1nnc(SCC(=O)O)s1)C(C)C. The number of carboxylic acid groups (broad SMARTS) is 1. The van der Waals surface area contributed by atoms with Crippen LogP contribution in [-0.2, 0) is 4.79 Å². The normalized spacial score (nSPS) is 10.8. The first kappa shape index (κ1) is 13.2. The molecule has 0 aliphatic carbocycles. The maximum atomic E-state index is 10.4. The molecule has 5 nitrogen and oxygen atoms in total. The Hall–Kier alpha value is -0.820. The van der Waals surface area contributed by atoms with Crippen molar-refractivity contribution < 1.29 is 9.90 Å². The minimum atomic E-state index is -0.835. The number of nitrogens with zero attached hydrogens (tertiary/aromatic N) is 3. The van der Waals surface area contributed by atoms with Gasteiger partial charge in [-0.25, -0.2) is 0 Å². The van der Waals surface area contributed by atoms with Crippen LogP contribution in [0.1, 0.15) is 20.8 Å². The van der Waals surface area contributed by atoms with E-state index in [0.717, 1.165) is 11.7 Å². The van der Waals surface area contributed by atoms with Gasteiger partial charge in [0.1, 0.15) is 0 Å². The van der Waals surface area contributed by atoms with Crippen molar-refractivity contribution in [3.05, 3.63) is 0 Å². The fraction of sp³-hybridized carbons (Fsp3) is 0.667. The minimum Gasteiger partial charge on any atom is -0.481 e. The fourth-order valence-corrected chi connectivity index (χ4v) is 2.98. The molecule has 0 atom stereocenters. The summed E-state index contributed by atoms with van der Waals surface area (Å²) in [4.78, 5) is 12.5. The van der Waals surface area contributed by atoms with Crippen molar-refractivity contribution >= 4 is 34.2 Å². The van der Waals surface area contributed by atoms with E-state index in [4.69, 9.17) is 5.11 Å². The molecule has 1 aromatic rings. The number of hydrogen-bond acceptors (Lipinski definition) is 6. The largest absolute Gasteiger partial charge is 0.481 e. The van der Waals surface area contributed by atoms with E-state index in [1.165, 1.54) is 23.1 Å². The Kier molecular flexibility index (Phi) is 5.01. The lowest BCUT2D eigenvalue weighted by Crippen LogP contribution is -2.30. The molecule has 1 N–H and O–H groups in total. The lowest BCUT2D eigenvalue weighted by atomic mass is 10.3. The molecule has 0 aliphatic heterocycles. The van der Waals surface area contributed by atoms with E-state index in [1.54, 1.807) is 0 Å². The Balaban J connectivity index is 2.66. The van der Waals surface area contributed by atoms with Gasteiger partial charge in [-0.1, -0.05) is 23.1 Å². The zero-order chi connectivity index (χ0) is 12.1. The highest BCUT2D eigenvalue weighted by Gasteiger charge is 2.14. The Labute approximate surface area is 103 Å². The van der Waals surface area contributed by atoms with E-state index in [-0.39, 0.29) is 5.75 Å². The molecule has 90 valence electrons. The second kappa shape index (κ2) is 6.05. The van der Waals surface area contributed by atoms with Crippen molar-refractivity contribution in [2.24, 2.45) is 0 Å². The van der Waals surface area contributed by atoms with Gasteiger partial charge in [0.05, 0.1) is 5.75 Å². The van der Waals surface area contributed by atoms with Gasteiger partial charge in [0, 0.05) is 12.6 Å². The minimum absolute atomic E-state index is 0.0302. The summed E-state index contributed by atoms with van der Waals surface area (Å²) in [5, 5.41) is 17.4. The number of aromatic nitrogens is 2. The number of aliphatic carboxylic acids is 1. The van der Waals surface area contributed by atoms with Crippen molar-refractivity contribution in [2.75, 3.05) is 17.2 Å². The van der Waals surface area contributed by atoms with Gasteiger partial charge in [-0.05, 0) is 20.8 Å². The van der Waals surface area contributed by atoms with Crippen LogP contribution in [0.5, 0.6) is 0 Å². The lowest BCUT2D eigenvalue weighted by molar-refractivity contribution is -0.133. The van der Waals surface area contributed by atoms with Crippen LogP contribution in [-0.4, -0.2) is 39.6 Å². The summed E-state index contributed by atoms with van der Waals surface area (Å²) in [6.07, 6.45) is 0. The molecule has 0 aliphatic rings. The highest BCUT2D eigenvalue weighted by atomic mass is 32.2. The van der Waals surface area contributed by atoms with E-state index >= 15 is 0 Å². The summed E-state index contributed by atoms with van der Waals surface area (Å²) in [7, 11) is 0. The third kappa shape index (κ3) is 3.64. The Morgan fingerprint density at radius 2 is 2.25 bits per heavy atom. The second-order valence-corrected chi connectivity index (χ2v) is 5.59. The molecule has 7 heteroatoms. The summed E-state index contributed by atoms with van der Waals surface area (Å²) in [5.41, 5.74) is 0. The number of carboxylic acids is 1. The fourth-order valence-electron chi connectivity index (χ4n) is 1.22. The first-order chi connectivity index (χ1) is 7.54. The molecule has 1 heterocycles. The van der Waals surface area contributed by atoms with Gasteiger partial charge in [-0.2, -0.15) is 0 Å². The monoisotopic (exact) mass is 261 g/mol. The predicted octanol–water partition coefficient (Wildman–Crippen LogP) is 1.95. The van der Waals surface area contributed by atoms with E-state index < -0.39 is 5.97 Å². The maximum absolute atomic E-state index is 10.4. The molecule has 0 saturated heterocycles. The van der Waals surface area contributed by atoms with Crippen molar-refractivity contribution in [3.63, 3.8) is 0 Å². The van der Waals surface area contributed by atoms with Crippen molar-refractivity contribution in [2.45, 2.75) is 31.2 Å². The van der Waals surface area contributed by atoms with Crippen LogP contribution >= 0.6 is 23.1 Å². The summed E-state index contributed by atoms with van der Waals surface area (Å²) in [6, 6.07) is 0.371. The van der Waals surface area contributed by atoms with Gasteiger partial charge >= 0.3 is 5.97 Å². The van der Waals surface area contributed by atoms with E-state index in [2.05, 4.69) is 35.9 Å². The molecule has 16 heavy (non-hydrogen) atoms. The van der Waals surface area contributed by atoms with Crippen LogP contribution in [0.15, 0.2) is 4.34 Å². The van der Waals surface area contributed by atoms with Gasteiger partial charge in [-0.3, -0.25) is 4.79 Å². The second-order valence-electron chi connectivity index (χ2n) is 3.41. The molecule has 0 saturated carbocycles. The zero-order valence-corrected chi connectivity index (χ0v) is 11.1. The number of anilines is 1. The Bertz CT molecular complexity index is 354. The predicted molar refractivity (Wildman–Crippen MR) is 66.4 cm³/mol. The molecule has 0 spiro atoms. The zero-order valence-electron chi connectivity index (χ0n) is 9.51. The van der Waals surface area contributed by atoms with E-state index in [1.807, 2.05) is 0 Å². The van der Waals surface area contributed by atoms with Crippen LogP contribution in [0.2, 0.25) is 0 Å². The van der Waals surface area contributed by atoms with Gasteiger partial charge in [0.2, 0.25) is 5.13 Å².